The Balaban J connectivity index is 2.03. The van der Waals surface area contributed by atoms with Crippen molar-refractivity contribution in [3.63, 3.8) is 0 Å². The summed E-state index contributed by atoms with van der Waals surface area (Å²) < 4.78 is 9.25. The van der Waals surface area contributed by atoms with Crippen LogP contribution < -0.4 is 5.73 Å². The summed E-state index contributed by atoms with van der Waals surface area (Å²) in [6.45, 7) is 4.07. The minimum absolute atomic E-state index is 0.0542. The van der Waals surface area contributed by atoms with Gasteiger partial charge in [-0.1, -0.05) is 11.8 Å². The van der Waals surface area contributed by atoms with Gasteiger partial charge in [-0.25, -0.2) is 4.79 Å². The van der Waals surface area contributed by atoms with Crippen LogP contribution in [0, 0.1) is 0 Å². The van der Waals surface area contributed by atoms with Crippen molar-refractivity contribution in [2.24, 2.45) is 10.7 Å². The molecule has 7 heteroatoms. The van der Waals surface area contributed by atoms with E-state index in [1.165, 1.54) is 0 Å². The highest BCUT2D eigenvalue weighted by Gasteiger charge is 2.59. The van der Waals surface area contributed by atoms with Crippen LogP contribution in [0.3, 0.4) is 0 Å². The number of hydrogen-bond donors (Lipinski definition) is 1. The molecule has 17 heavy (non-hydrogen) atoms. The quantitative estimate of drug-likeness (QED) is 0.568. The minimum Gasteiger partial charge on any atom is -0.458 e. The molecule has 94 valence electrons. The van der Waals surface area contributed by atoms with Gasteiger partial charge in [0, 0.05) is 6.42 Å². The average Bonchev–Trinajstić information content (AvgIpc) is 2.67. The van der Waals surface area contributed by atoms with Gasteiger partial charge < -0.3 is 15.2 Å². The maximum absolute atomic E-state index is 11.8. The molecule has 2 atom stereocenters. The molecule has 1 amide bonds. The second-order valence-electron chi connectivity index (χ2n) is 4.30. The topological polar surface area (TPSA) is 91.0 Å². The molecule has 6 nitrogen and oxygen atoms in total. The lowest BCUT2D eigenvalue weighted by molar-refractivity contribution is -0.147. The monoisotopic (exact) mass is 258 g/mol. The summed E-state index contributed by atoms with van der Waals surface area (Å²) in [7, 11) is 0. The van der Waals surface area contributed by atoms with Crippen LogP contribution in [-0.2, 0) is 19.1 Å². The third kappa shape index (κ3) is 2.16. The van der Waals surface area contributed by atoms with Gasteiger partial charge in [0.05, 0.1) is 12.7 Å². The molecule has 1 saturated heterocycles. The van der Waals surface area contributed by atoms with Crippen molar-refractivity contribution < 1.29 is 19.1 Å². The maximum atomic E-state index is 11.8. The van der Waals surface area contributed by atoms with Gasteiger partial charge in [-0.05, 0) is 13.8 Å². The summed E-state index contributed by atoms with van der Waals surface area (Å²) in [5.74, 6) is -1.08. The molecule has 2 aliphatic heterocycles. The average molecular weight is 258 g/mol. The van der Waals surface area contributed by atoms with Crippen LogP contribution in [0.4, 0.5) is 0 Å². The number of amides is 1. The molecule has 1 fully saturated rings. The number of aliphatic imine (C=N–C) groups is 1. The lowest BCUT2D eigenvalue weighted by Gasteiger charge is -2.13. The summed E-state index contributed by atoms with van der Waals surface area (Å²) in [4.78, 5) is 27.0. The van der Waals surface area contributed by atoms with E-state index in [1.54, 1.807) is 0 Å². The SMILES string of the molecule is CC(C)OCC1CC2(SC(N)=NC2=O)C(=O)O1. The lowest BCUT2D eigenvalue weighted by Crippen LogP contribution is -2.36. The zero-order valence-electron chi connectivity index (χ0n) is 9.63. The molecule has 2 aliphatic rings. The van der Waals surface area contributed by atoms with E-state index >= 15 is 0 Å². The number of thioether (sulfide) groups is 1. The molecule has 0 aliphatic carbocycles. The molecule has 2 N–H and O–H groups in total. The Bertz CT molecular complexity index is 396. The van der Waals surface area contributed by atoms with E-state index in [0.717, 1.165) is 11.8 Å². The summed E-state index contributed by atoms with van der Waals surface area (Å²) in [6, 6.07) is 0. The van der Waals surface area contributed by atoms with E-state index < -0.39 is 22.7 Å². The first-order valence-corrected chi connectivity index (χ1v) is 6.16. The van der Waals surface area contributed by atoms with E-state index in [9.17, 15) is 9.59 Å². The van der Waals surface area contributed by atoms with Gasteiger partial charge in [0.2, 0.25) is 4.75 Å². The van der Waals surface area contributed by atoms with Gasteiger partial charge in [0.15, 0.2) is 5.17 Å². The highest BCUT2D eigenvalue weighted by molar-refractivity contribution is 8.16. The van der Waals surface area contributed by atoms with Crippen molar-refractivity contribution in [1.29, 1.82) is 0 Å². The highest BCUT2D eigenvalue weighted by atomic mass is 32.2. The third-order valence-electron chi connectivity index (χ3n) is 2.57. The van der Waals surface area contributed by atoms with Crippen molar-refractivity contribution in [1.82, 2.24) is 0 Å². The summed E-state index contributed by atoms with van der Waals surface area (Å²) in [6.07, 6.45) is -0.0762. The van der Waals surface area contributed by atoms with Crippen LogP contribution in [0.25, 0.3) is 0 Å². The van der Waals surface area contributed by atoms with E-state index in [-0.39, 0.29) is 17.7 Å². The number of hydrogen-bond acceptors (Lipinski definition) is 6. The predicted octanol–water partition coefficient (Wildman–Crippen LogP) is 0.0538. The van der Waals surface area contributed by atoms with Crippen LogP contribution in [0.1, 0.15) is 20.3 Å². The predicted molar refractivity (Wildman–Crippen MR) is 62.5 cm³/mol. The first kappa shape index (κ1) is 12.4. The molecular weight excluding hydrogens is 244 g/mol. The second kappa shape index (κ2) is 4.30. The van der Waals surface area contributed by atoms with Gasteiger partial charge in [-0.2, -0.15) is 4.99 Å². The highest BCUT2D eigenvalue weighted by Crippen LogP contribution is 2.43. The van der Waals surface area contributed by atoms with Crippen LogP contribution >= 0.6 is 11.8 Å². The van der Waals surface area contributed by atoms with E-state index in [1.807, 2.05) is 13.8 Å². The van der Waals surface area contributed by atoms with Crippen LogP contribution in [0.2, 0.25) is 0 Å². The fourth-order valence-electron chi connectivity index (χ4n) is 1.78. The Morgan fingerprint density at radius 2 is 2.35 bits per heavy atom. The lowest BCUT2D eigenvalue weighted by atomic mass is 10.0. The summed E-state index contributed by atoms with van der Waals surface area (Å²) >= 11 is 0.978. The summed E-state index contributed by atoms with van der Waals surface area (Å²) in [5, 5.41) is 0.123. The zero-order chi connectivity index (χ0) is 12.6. The number of esters is 1. The molecule has 0 aromatic rings. The fraction of sp³-hybridized carbons (Fsp3) is 0.700. The molecule has 0 radical (unpaired) electrons. The second-order valence-corrected chi connectivity index (χ2v) is 5.62. The number of nitrogens with zero attached hydrogens (tertiary/aromatic N) is 1. The first-order chi connectivity index (χ1) is 7.94. The van der Waals surface area contributed by atoms with Gasteiger partial charge in [0.25, 0.3) is 5.91 Å². The van der Waals surface area contributed by atoms with E-state index in [2.05, 4.69) is 4.99 Å². The molecule has 2 rings (SSSR count). The van der Waals surface area contributed by atoms with E-state index in [0.29, 0.717) is 6.61 Å². The number of carbonyl (C=O) groups excluding carboxylic acids is 2. The van der Waals surface area contributed by atoms with E-state index in [4.69, 9.17) is 15.2 Å². The molecule has 2 unspecified atom stereocenters. The van der Waals surface area contributed by atoms with Crippen molar-refractivity contribution in [2.75, 3.05) is 6.61 Å². The normalized spacial score (nSPS) is 32.4. The summed E-state index contributed by atoms with van der Waals surface area (Å²) in [5.41, 5.74) is 5.46. The fourth-order valence-corrected chi connectivity index (χ4v) is 2.80. The standard InChI is InChI=1S/C10H14N2O4S/c1-5(2)15-4-6-3-10(8(14)16-6)7(13)12-9(11)17-10/h5-6H,3-4H2,1-2H3,(H2,11,12,13). The maximum Gasteiger partial charge on any atom is 0.333 e. The Kier molecular flexibility index (Phi) is 3.13. The largest absolute Gasteiger partial charge is 0.458 e. The van der Waals surface area contributed by atoms with Crippen molar-refractivity contribution >= 4 is 28.8 Å². The van der Waals surface area contributed by atoms with Crippen molar-refractivity contribution in [3.8, 4) is 0 Å². The first-order valence-electron chi connectivity index (χ1n) is 5.34. The number of rotatable bonds is 3. The Morgan fingerprint density at radius 3 is 2.88 bits per heavy atom. The van der Waals surface area contributed by atoms with Gasteiger partial charge >= 0.3 is 5.97 Å². The van der Waals surface area contributed by atoms with Gasteiger partial charge in [-0.3, -0.25) is 4.79 Å². The van der Waals surface area contributed by atoms with Crippen molar-refractivity contribution in [3.05, 3.63) is 0 Å². The smallest absolute Gasteiger partial charge is 0.333 e. The molecular formula is C10H14N2O4S. The Hall–Kier alpha value is -1.08. The number of carbonyl (C=O) groups is 2. The molecule has 0 saturated carbocycles. The van der Waals surface area contributed by atoms with Crippen LogP contribution in [-0.4, -0.2) is 40.6 Å². The molecule has 0 bridgehead atoms. The molecule has 0 aromatic carbocycles. The van der Waals surface area contributed by atoms with Gasteiger partial charge in [0.1, 0.15) is 6.10 Å². The Labute approximate surface area is 103 Å². The number of cyclic esters (lactones) is 1. The zero-order valence-corrected chi connectivity index (χ0v) is 10.5. The van der Waals surface area contributed by atoms with Crippen LogP contribution in [0.5, 0.6) is 0 Å². The molecule has 0 aromatic heterocycles. The number of ether oxygens (including phenoxy) is 2. The number of amidine groups is 1. The van der Waals surface area contributed by atoms with Crippen LogP contribution in [0.15, 0.2) is 4.99 Å². The Morgan fingerprint density at radius 1 is 1.65 bits per heavy atom. The minimum atomic E-state index is -1.25. The molecule has 1 spiro atoms. The van der Waals surface area contributed by atoms with Gasteiger partial charge in [-0.15, -0.1) is 0 Å². The third-order valence-corrected chi connectivity index (χ3v) is 3.73. The molecule has 2 heterocycles. The van der Waals surface area contributed by atoms with Crippen molar-refractivity contribution in [2.45, 2.75) is 37.2 Å². The number of nitrogens with two attached hydrogens (primary N) is 1.